The Bertz CT molecular complexity index is 141. The second kappa shape index (κ2) is 3.28. The van der Waals surface area contributed by atoms with E-state index >= 15 is 0 Å². The number of hydrogen-bond acceptors (Lipinski definition) is 5. The molecular formula is C5H7NO4. The van der Waals surface area contributed by atoms with Crippen molar-refractivity contribution < 1.29 is 19.1 Å². The van der Waals surface area contributed by atoms with Crippen LogP contribution in [0.25, 0.3) is 0 Å². The highest BCUT2D eigenvalue weighted by atomic mass is 16.6. The Labute approximate surface area is 57.3 Å². The minimum absolute atomic E-state index is 0.0890. The number of rotatable bonds is 2. The molecule has 1 aliphatic heterocycles. The van der Waals surface area contributed by atoms with Crippen LogP contribution in [0.15, 0.2) is 0 Å². The summed E-state index contributed by atoms with van der Waals surface area (Å²) in [6.07, 6.45) is -0.759. The van der Waals surface area contributed by atoms with Crippen LogP contribution in [0.1, 0.15) is 0 Å². The number of esters is 1. The van der Waals surface area contributed by atoms with E-state index in [9.17, 15) is 9.59 Å². The molecule has 1 N–H and O–H groups in total. The van der Waals surface area contributed by atoms with Gasteiger partial charge in [-0.3, -0.25) is 10.1 Å². The monoisotopic (exact) mass is 145 g/mol. The van der Waals surface area contributed by atoms with Crippen molar-refractivity contribution in [2.75, 3.05) is 13.2 Å². The molecule has 0 aliphatic carbocycles. The minimum atomic E-state index is -0.759. The van der Waals surface area contributed by atoms with Gasteiger partial charge >= 0.3 is 12.4 Å². The van der Waals surface area contributed by atoms with Crippen LogP contribution in [0.2, 0.25) is 0 Å². The molecule has 0 aromatic carbocycles. The summed E-state index contributed by atoms with van der Waals surface area (Å²) in [6, 6.07) is 0. The van der Waals surface area contributed by atoms with Crippen molar-refractivity contribution in [1.29, 1.82) is 0 Å². The highest BCUT2D eigenvalue weighted by Gasteiger charge is 2.23. The molecular weight excluding hydrogens is 138 g/mol. The van der Waals surface area contributed by atoms with Gasteiger partial charge in [0.15, 0.2) is 0 Å². The van der Waals surface area contributed by atoms with Gasteiger partial charge in [-0.05, 0) is 0 Å². The number of hydrogen-bond donors (Lipinski definition) is 1. The third kappa shape index (κ3) is 1.52. The molecule has 1 atom stereocenters. The third-order valence-corrected chi connectivity index (χ3v) is 1.09. The summed E-state index contributed by atoms with van der Waals surface area (Å²) in [4.78, 5) is 20.2. The Morgan fingerprint density at radius 1 is 1.80 bits per heavy atom. The molecule has 1 fully saturated rings. The highest BCUT2D eigenvalue weighted by molar-refractivity contribution is 5.80. The summed E-state index contributed by atoms with van der Waals surface area (Å²) in [6.45, 7) is 1.17. The van der Waals surface area contributed by atoms with Crippen LogP contribution in [0.3, 0.4) is 0 Å². The lowest BCUT2D eigenvalue weighted by Gasteiger charge is -2.03. The molecule has 0 amide bonds. The molecule has 1 saturated heterocycles. The first-order valence-electron chi connectivity index (χ1n) is 2.83. The lowest BCUT2D eigenvalue weighted by molar-refractivity contribution is -0.160. The zero-order chi connectivity index (χ0) is 7.40. The fourth-order valence-electron chi connectivity index (χ4n) is 0.686. The molecule has 0 radical (unpaired) electrons. The molecule has 5 heteroatoms. The van der Waals surface area contributed by atoms with Crippen molar-refractivity contribution in [1.82, 2.24) is 5.32 Å². The zero-order valence-electron chi connectivity index (χ0n) is 5.20. The molecule has 10 heavy (non-hydrogen) atoms. The second-order valence-corrected chi connectivity index (χ2v) is 1.74. The molecule has 1 aliphatic rings. The summed E-state index contributed by atoms with van der Waals surface area (Å²) >= 11 is 0. The van der Waals surface area contributed by atoms with Gasteiger partial charge in [0.2, 0.25) is 6.23 Å². The second-order valence-electron chi connectivity index (χ2n) is 1.74. The third-order valence-electron chi connectivity index (χ3n) is 1.09. The summed E-state index contributed by atoms with van der Waals surface area (Å²) < 4.78 is 8.84. The number of carbonyl (C=O) groups is 2. The maximum absolute atomic E-state index is 10.6. The molecule has 1 rings (SSSR count). The maximum atomic E-state index is 10.6. The van der Waals surface area contributed by atoms with Crippen LogP contribution in [0.4, 0.5) is 0 Å². The molecule has 56 valence electrons. The molecule has 1 heterocycles. The van der Waals surface area contributed by atoms with Crippen LogP contribution in [0.5, 0.6) is 0 Å². The first-order chi connectivity index (χ1) is 4.84. The van der Waals surface area contributed by atoms with Crippen molar-refractivity contribution in [3.8, 4) is 0 Å². The largest absolute Gasteiger partial charge is 0.392 e. The standard InChI is InChI=1S/C5H7NO4/c7-3-10-5(8)4-6-1-2-9-4/h3-4,6H,1-2H2. The van der Waals surface area contributed by atoms with E-state index in [4.69, 9.17) is 4.74 Å². The molecule has 0 aromatic heterocycles. The first kappa shape index (κ1) is 7.17. The Balaban J connectivity index is 2.32. The van der Waals surface area contributed by atoms with Gasteiger partial charge in [0.1, 0.15) is 0 Å². The topological polar surface area (TPSA) is 64.6 Å². The first-order valence-corrected chi connectivity index (χ1v) is 2.83. The van der Waals surface area contributed by atoms with Crippen molar-refractivity contribution in [3.05, 3.63) is 0 Å². The maximum Gasteiger partial charge on any atom is 0.358 e. The molecule has 0 aromatic rings. The summed E-state index contributed by atoms with van der Waals surface area (Å²) in [5.74, 6) is -0.688. The Morgan fingerprint density at radius 3 is 3.10 bits per heavy atom. The van der Waals surface area contributed by atoms with Crippen LogP contribution in [-0.2, 0) is 19.1 Å². The summed E-state index contributed by atoms with van der Waals surface area (Å²) in [5, 5.41) is 2.69. The number of nitrogens with one attached hydrogen (secondary N) is 1. The van der Waals surface area contributed by atoms with E-state index in [0.717, 1.165) is 0 Å². The van der Waals surface area contributed by atoms with E-state index in [1.54, 1.807) is 0 Å². The smallest absolute Gasteiger partial charge is 0.358 e. The Hall–Kier alpha value is -0.940. The van der Waals surface area contributed by atoms with Gasteiger partial charge in [0, 0.05) is 6.54 Å². The van der Waals surface area contributed by atoms with E-state index in [2.05, 4.69) is 10.1 Å². The normalized spacial score (nSPS) is 24.2. The summed E-state index contributed by atoms with van der Waals surface area (Å²) in [7, 11) is 0. The average molecular weight is 145 g/mol. The Kier molecular flexibility index (Phi) is 2.35. The van der Waals surface area contributed by atoms with E-state index < -0.39 is 12.2 Å². The van der Waals surface area contributed by atoms with Gasteiger partial charge in [-0.25, -0.2) is 4.79 Å². The van der Waals surface area contributed by atoms with Crippen LogP contribution in [-0.4, -0.2) is 31.8 Å². The molecule has 0 spiro atoms. The van der Waals surface area contributed by atoms with E-state index in [1.807, 2.05) is 0 Å². The van der Waals surface area contributed by atoms with Gasteiger partial charge < -0.3 is 9.47 Å². The van der Waals surface area contributed by atoms with Crippen LogP contribution >= 0.6 is 0 Å². The zero-order valence-corrected chi connectivity index (χ0v) is 5.20. The SMILES string of the molecule is O=COC(=O)C1NCCO1. The molecule has 5 nitrogen and oxygen atoms in total. The van der Waals surface area contributed by atoms with Crippen molar-refractivity contribution >= 4 is 12.4 Å². The number of ether oxygens (including phenoxy) is 2. The van der Waals surface area contributed by atoms with Gasteiger partial charge in [-0.15, -0.1) is 0 Å². The minimum Gasteiger partial charge on any atom is -0.392 e. The fourth-order valence-corrected chi connectivity index (χ4v) is 0.686. The average Bonchev–Trinajstić information content (AvgIpc) is 2.38. The van der Waals surface area contributed by atoms with Gasteiger partial charge in [0.05, 0.1) is 6.61 Å². The van der Waals surface area contributed by atoms with Crippen LogP contribution < -0.4 is 5.32 Å². The van der Waals surface area contributed by atoms with E-state index in [1.165, 1.54) is 0 Å². The van der Waals surface area contributed by atoms with E-state index in [-0.39, 0.29) is 6.47 Å². The molecule has 0 saturated carbocycles. The lowest BCUT2D eigenvalue weighted by Crippen LogP contribution is -2.33. The summed E-state index contributed by atoms with van der Waals surface area (Å²) in [5.41, 5.74) is 0. The van der Waals surface area contributed by atoms with Crippen molar-refractivity contribution in [2.24, 2.45) is 0 Å². The van der Waals surface area contributed by atoms with Crippen molar-refractivity contribution in [2.45, 2.75) is 6.23 Å². The van der Waals surface area contributed by atoms with Crippen molar-refractivity contribution in [3.63, 3.8) is 0 Å². The fraction of sp³-hybridized carbons (Fsp3) is 0.600. The quantitative estimate of drug-likeness (QED) is 0.295. The lowest BCUT2D eigenvalue weighted by atomic mass is 10.6. The van der Waals surface area contributed by atoms with Gasteiger partial charge in [-0.2, -0.15) is 0 Å². The molecule has 0 bridgehead atoms. The van der Waals surface area contributed by atoms with Gasteiger partial charge in [-0.1, -0.05) is 0 Å². The van der Waals surface area contributed by atoms with Crippen LogP contribution in [0, 0.1) is 0 Å². The number of carbonyl (C=O) groups excluding carboxylic acids is 2. The predicted octanol–water partition coefficient (Wildman–Crippen LogP) is -1.37. The Morgan fingerprint density at radius 2 is 2.60 bits per heavy atom. The van der Waals surface area contributed by atoms with Gasteiger partial charge in [0.25, 0.3) is 0 Å². The molecule has 1 unspecified atom stereocenters. The highest BCUT2D eigenvalue weighted by Crippen LogP contribution is 1.96. The predicted molar refractivity (Wildman–Crippen MR) is 29.9 cm³/mol. The van der Waals surface area contributed by atoms with E-state index in [0.29, 0.717) is 13.2 Å².